The molecule has 0 atom stereocenters. The molecule has 3 rings (SSSR count). The van der Waals surface area contributed by atoms with Gasteiger partial charge in [0.1, 0.15) is 5.82 Å². The SMILES string of the molecule is CCCn1nc(C)c(N)c1N1CCn2ccnc2C1. The van der Waals surface area contributed by atoms with Crippen LogP contribution < -0.4 is 10.6 Å². The third-order valence-corrected chi connectivity index (χ3v) is 3.63. The Morgan fingerprint density at radius 2 is 2.21 bits per heavy atom. The van der Waals surface area contributed by atoms with E-state index < -0.39 is 0 Å². The number of fused-ring (bicyclic) bond motifs is 1. The lowest BCUT2D eigenvalue weighted by atomic mass is 10.3. The van der Waals surface area contributed by atoms with E-state index in [1.807, 2.05) is 24.0 Å². The van der Waals surface area contributed by atoms with Gasteiger partial charge in [0.2, 0.25) is 0 Å². The molecule has 2 N–H and O–H groups in total. The van der Waals surface area contributed by atoms with E-state index in [0.717, 1.165) is 55.6 Å². The van der Waals surface area contributed by atoms with E-state index in [1.54, 1.807) is 0 Å². The lowest BCUT2D eigenvalue weighted by Gasteiger charge is -2.30. The van der Waals surface area contributed by atoms with Crippen molar-refractivity contribution in [1.82, 2.24) is 19.3 Å². The van der Waals surface area contributed by atoms with Crippen molar-refractivity contribution in [2.45, 2.75) is 39.9 Å². The smallest absolute Gasteiger partial charge is 0.151 e. The standard InChI is InChI=1S/C13H20N6/c1-3-5-19-13(12(14)10(2)16-19)18-8-7-17-6-4-15-11(17)9-18/h4,6H,3,5,7-9,14H2,1-2H3. The Labute approximate surface area is 112 Å². The van der Waals surface area contributed by atoms with Gasteiger partial charge in [-0.3, -0.25) is 0 Å². The van der Waals surface area contributed by atoms with E-state index in [9.17, 15) is 0 Å². The number of rotatable bonds is 3. The van der Waals surface area contributed by atoms with Crippen molar-refractivity contribution in [3.8, 4) is 0 Å². The Hall–Kier alpha value is -1.98. The predicted octanol–water partition coefficient (Wildman–Crippen LogP) is 1.40. The Balaban J connectivity index is 1.94. The van der Waals surface area contributed by atoms with Gasteiger partial charge in [-0.1, -0.05) is 6.92 Å². The van der Waals surface area contributed by atoms with Gasteiger partial charge in [-0.2, -0.15) is 5.10 Å². The molecule has 0 bridgehead atoms. The number of imidazole rings is 1. The average molecular weight is 260 g/mol. The zero-order chi connectivity index (χ0) is 13.4. The summed E-state index contributed by atoms with van der Waals surface area (Å²) in [5.74, 6) is 2.14. The molecule has 2 aromatic rings. The van der Waals surface area contributed by atoms with Crippen LogP contribution in [-0.2, 0) is 19.6 Å². The van der Waals surface area contributed by atoms with Crippen LogP contribution in [0.3, 0.4) is 0 Å². The van der Waals surface area contributed by atoms with Gasteiger partial charge < -0.3 is 15.2 Å². The summed E-state index contributed by atoms with van der Waals surface area (Å²) in [6, 6.07) is 0. The second-order valence-electron chi connectivity index (χ2n) is 5.00. The van der Waals surface area contributed by atoms with Crippen LogP contribution in [0.15, 0.2) is 12.4 Å². The lowest BCUT2D eigenvalue weighted by molar-refractivity contribution is 0.527. The largest absolute Gasteiger partial charge is 0.394 e. The summed E-state index contributed by atoms with van der Waals surface area (Å²) < 4.78 is 4.23. The highest BCUT2D eigenvalue weighted by molar-refractivity contribution is 5.66. The number of nitrogens with zero attached hydrogens (tertiary/aromatic N) is 5. The van der Waals surface area contributed by atoms with Gasteiger partial charge >= 0.3 is 0 Å². The first-order valence-corrected chi connectivity index (χ1v) is 6.78. The summed E-state index contributed by atoms with van der Waals surface area (Å²) in [5.41, 5.74) is 7.92. The molecule has 0 spiro atoms. The molecule has 19 heavy (non-hydrogen) atoms. The molecule has 0 fully saturated rings. The third kappa shape index (κ3) is 1.97. The second-order valence-corrected chi connectivity index (χ2v) is 5.00. The first-order chi connectivity index (χ1) is 9.20. The zero-order valence-corrected chi connectivity index (χ0v) is 11.5. The average Bonchev–Trinajstić information content (AvgIpc) is 2.95. The Morgan fingerprint density at radius 1 is 1.37 bits per heavy atom. The monoisotopic (exact) mass is 260 g/mol. The van der Waals surface area contributed by atoms with Crippen LogP contribution in [0.4, 0.5) is 11.5 Å². The van der Waals surface area contributed by atoms with Crippen molar-refractivity contribution in [2.24, 2.45) is 0 Å². The molecule has 102 valence electrons. The zero-order valence-electron chi connectivity index (χ0n) is 11.5. The molecule has 0 saturated carbocycles. The lowest BCUT2D eigenvalue weighted by Crippen LogP contribution is -2.35. The highest BCUT2D eigenvalue weighted by Crippen LogP contribution is 2.29. The number of anilines is 2. The van der Waals surface area contributed by atoms with Crippen LogP contribution in [0.5, 0.6) is 0 Å². The van der Waals surface area contributed by atoms with Gasteiger partial charge in [0, 0.05) is 32.0 Å². The minimum Gasteiger partial charge on any atom is -0.394 e. The van der Waals surface area contributed by atoms with E-state index >= 15 is 0 Å². The maximum Gasteiger partial charge on any atom is 0.151 e. The minimum atomic E-state index is 0.798. The number of nitrogens with two attached hydrogens (primary N) is 1. The molecule has 1 aliphatic rings. The van der Waals surface area contributed by atoms with Gasteiger partial charge in [0.25, 0.3) is 0 Å². The number of aryl methyl sites for hydroxylation is 2. The summed E-state index contributed by atoms with van der Waals surface area (Å²) in [7, 11) is 0. The van der Waals surface area contributed by atoms with Crippen LogP contribution in [0, 0.1) is 6.92 Å². The molecule has 0 amide bonds. The number of nitrogen functional groups attached to an aromatic ring is 1. The molecular weight excluding hydrogens is 240 g/mol. The Kier molecular flexibility index (Phi) is 2.93. The van der Waals surface area contributed by atoms with Crippen LogP contribution in [0.2, 0.25) is 0 Å². The summed E-state index contributed by atoms with van der Waals surface area (Å²) in [4.78, 5) is 6.68. The topological polar surface area (TPSA) is 64.9 Å². The fraction of sp³-hybridized carbons (Fsp3) is 0.538. The summed E-state index contributed by atoms with van der Waals surface area (Å²) in [5, 5.41) is 4.54. The van der Waals surface area contributed by atoms with E-state index in [0.29, 0.717) is 0 Å². The maximum absolute atomic E-state index is 6.21. The molecule has 6 nitrogen and oxygen atoms in total. The number of aromatic nitrogens is 4. The van der Waals surface area contributed by atoms with Gasteiger partial charge in [-0.15, -0.1) is 0 Å². The molecule has 0 unspecified atom stereocenters. The number of hydrogen-bond acceptors (Lipinski definition) is 4. The van der Waals surface area contributed by atoms with Crippen LogP contribution in [-0.4, -0.2) is 25.9 Å². The van der Waals surface area contributed by atoms with Gasteiger partial charge in [0.05, 0.1) is 17.9 Å². The third-order valence-electron chi connectivity index (χ3n) is 3.63. The van der Waals surface area contributed by atoms with Crippen molar-refractivity contribution < 1.29 is 0 Å². The maximum atomic E-state index is 6.21. The van der Waals surface area contributed by atoms with Crippen LogP contribution in [0.1, 0.15) is 24.9 Å². The highest BCUT2D eigenvalue weighted by Gasteiger charge is 2.23. The van der Waals surface area contributed by atoms with Crippen molar-refractivity contribution in [2.75, 3.05) is 17.2 Å². The Bertz CT molecular complexity index is 582. The molecule has 3 heterocycles. The van der Waals surface area contributed by atoms with Crippen molar-refractivity contribution in [1.29, 1.82) is 0 Å². The molecular formula is C13H20N6. The Morgan fingerprint density at radius 3 is 3.00 bits per heavy atom. The van der Waals surface area contributed by atoms with Crippen molar-refractivity contribution in [3.63, 3.8) is 0 Å². The van der Waals surface area contributed by atoms with Crippen molar-refractivity contribution >= 4 is 11.5 Å². The highest BCUT2D eigenvalue weighted by atomic mass is 15.4. The molecule has 0 saturated heterocycles. The van der Waals surface area contributed by atoms with E-state index in [4.69, 9.17) is 5.73 Å². The first kappa shape index (κ1) is 12.1. The fourth-order valence-corrected chi connectivity index (χ4v) is 2.64. The quantitative estimate of drug-likeness (QED) is 0.906. The molecule has 6 heteroatoms. The minimum absolute atomic E-state index is 0.798. The van der Waals surface area contributed by atoms with Gasteiger partial charge in [-0.25, -0.2) is 9.67 Å². The second kappa shape index (κ2) is 4.60. The summed E-state index contributed by atoms with van der Waals surface area (Å²) in [6.07, 6.45) is 4.94. The van der Waals surface area contributed by atoms with E-state index in [2.05, 4.69) is 26.5 Å². The molecule has 0 radical (unpaired) electrons. The van der Waals surface area contributed by atoms with Crippen LogP contribution in [0.25, 0.3) is 0 Å². The van der Waals surface area contributed by atoms with E-state index in [1.165, 1.54) is 0 Å². The normalized spacial score (nSPS) is 14.7. The summed E-state index contributed by atoms with van der Waals surface area (Å²) >= 11 is 0. The van der Waals surface area contributed by atoms with Gasteiger partial charge in [-0.05, 0) is 13.3 Å². The predicted molar refractivity (Wildman–Crippen MR) is 74.9 cm³/mol. The van der Waals surface area contributed by atoms with Crippen LogP contribution >= 0.6 is 0 Å². The van der Waals surface area contributed by atoms with E-state index in [-0.39, 0.29) is 0 Å². The molecule has 2 aromatic heterocycles. The first-order valence-electron chi connectivity index (χ1n) is 6.78. The number of hydrogen-bond donors (Lipinski definition) is 1. The summed E-state index contributed by atoms with van der Waals surface area (Å²) in [6.45, 7) is 7.72. The van der Waals surface area contributed by atoms with Crippen molar-refractivity contribution in [3.05, 3.63) is 23.9 Å². The molecule has 0 aliphatic carbocycles. The van der Waals surface area contributed by atoms with Gasteiger partial charge in [0.15, 0.2) is 5.82 Å². The molecule has 0 aromatic carbocycles. The molecule has 1 aliphatic heterocycles. The fourth-order valence-electron chi connectivity index (χ4n) is 2.64.